The first-order valence-corrected chi connectivity index (χ1v) is 19.2. The number of aromatic nitrogens is 4. The van der Waals surface area contributed by atoms with Crippen LogP contribution in [0, 0.1) is 13.8 Å². The number of ether oxygens (including phenoxy) is 4. The van der Waals surface area contributed by atoms with E-state index in [1.54, 1.807) is 7.11 Å². The summed E-state index contributed by atoms with van der Waals surface area (Å²) in [6.45, 7) is 13.3. The molecule has 55 heavy (non-hydrogen) atoms. The van der Waals surface area contributed by atoms with Gasteiger partial charge in [0, 0.05) is 76.3 Å². The molecule has 7 rings (SSSR count). The zero-order valence-electron chi connectivity index (χ0n) is 32.6. The molecule has 0 fully saturated rings. The number of hydrogen-bond donors (Lipinski definition) is 3. The van der Waals surface area contributed by atoms with E-state index in [2.05, 4.69) is 61.9 Å². The Labute approximate surface area is 321 Å². The van der Waals surface area contributed by atoms with Crippen LogP contribution in [0.1, 0.15) is 102 Å². The molecule has 4 aromatic rings. The summed E-state index contributed by atoms with van der Waals surface area (Å²) in [5, 5.41) is 9.71. The minimum Gasteiger partial charge on any atom is -0.491 e. The van der Waals surface area contributed by atoms with Gasteiger partial charge >= 0.3 is 5.97 Å². The fraction of sp³-hybridized carbons (Fsp3) is 0.409. The van der Waals surface area contributed by atoms with Crippen LogP contribution in [-0.4, -0.2) is 83.5 Å². The van der Waals surface area contributed by atoms with Crippen molar-refractivity contribution in [2.24, 2.45) is 0 Å². The summed E-state index contributed by atoms with van der Waals surface area (Å²) < 4.78 is 22.6. The second kappa shape index (κ2) is 16.3. The van der Waals surface area contributed by atoms with Gasteiger partial charge in [0.1, 0.15) is 12.4 Å². The highest BCUT2D eigenvalue weighted by Gasteiger charge is 2.36. The van der Waals surface area contributed by atoms with E-state index in [0.29, 0.717) is 51.6 Å². The van der Waals surface area contributed by atoms with Crippen LogP contribution in [0.25, 0.3) is 44.3 Å². The number of carbonyl (C=O) groups is 2. The molecule has 0 spiro atoms. The number of carboxylic acids is 1. The minimum atomic E-state index is -0.851. The van der Waals surface area contributed by atoms with E-state index in [9.17, 15) is 14.7 Å². The zero-order chi connectivity index (χ0) is 38.8. The Balaban J connectivity index is 1.40. The van der Waals surface area contributed by atoms with Gasteiger partial charge in [0.15, 0.2) is 5.78 Å². The predicted molar refractivity (Wildman–Crippen MR) is 214 cm³/mol. The van der Waals surface area contributed by atoms with Crippen molar-refractivity contribution in [1.29, 1.82) is 0 Å². The summed E-state index contributed by atoms with van der Waals surface area (Å²) in [6.07, 6.45) is 1.45. The van der Waals surface area contributed by atoms with E-state index < -0.39 is 5.97 Å². The Morgan fingerprint density at radius 1 is 0.873 bits per heavy atom. The SMILES string of the molecule is CCC1=C(C)c2cc3[nH]c(cc4nc(c5c6[nH]c(cc1n2)c(C)c6C(=O)C5)[C@@H](CCC(=O)O)[C@@H]4C)c(C)c3-c1ccccc1OCCOCCOCCOC. The third kappa shape index (κ3) is 7.48. The van der Waals surface area contributed by atoms with Crippen LogP contribution in [0.4, 0.5) is 0 Å². The molecule has 5 heterocycles. The lowest BCUT2D eigenvalue weighted by Gasteiger charge is -2.16. The van der Waals surface area contributed by atoms with Gasteiger partial charge in [-0.1, -0.05) is 32.0 Å². The van der Waals surface area contributed by atoms with E-state index in [4.69, 9.17) is 28.9 Å². The van der Waals surface area contributed by atoms with Gasteiger partial charge in [-0.2, -0.15) is 0 Å². The molecule has 0 unspecified atom stereocenters. The molecule has 2 aliphatic heterocycles. The van der Waals surface area contributed by atoms with Gasteiger partial charge in [-0.3, -0.25) is 14.6 Å². The number of fused-ring (bicyclic) bond motifs is 8. The van der Waals surface area contributed by atoms with Crippen molar-refractivity contribution < 1.29 is 33.6 Å². The monoisotopic (exact) mass is 746 g/mol. The predicted octanol–water partition coefficient (Wildman–Crippen LogP) is 8.49. The molecule has 8 bridgehead atoms. The number of aryl methyl sites for hydroxylation is 2. The number of benzene rings is 1. The van der Waals surface area contributed by atoms with Crippen molar-refractivity contribution in [2.45, 2.75) is 72.1 Å². The molecule has 288 valence electrons. The maximum Gasteiger partial charge on any atom is 0.303 e. The average Bonchev–Trinajstić information content (AvgIpc) is 3.92. The Morgan fingerprint density at radius 3 is 2.31 bits per heavy atom. The molecule has 0 radical (unpaired) electrons. The number of aliphatic carboxylic acids is 1. The minimum absolute atomic E-state index is 0.0108. The van der Waals surface area contributed by atoms with Gasteiger partial charge in [-0.05, 0) is 80.2 Å². The first-order chi connectivity index (χ1) is 26.6. The largest absolute Gasteiger partial charge is 0.491 e. The van der Waals surface area contributed by atoms with E-state index in [1.165, 1.54) is 0 Å². The lowest BCUT2D eigenvalue weighted by Crippen LogP contribution is -2.12. The molecule has 3 N–H and O–H groups in total. The Hall–Kier alpha value is -5.10. The molecule has 0 saturated carbocycles. The van der Waals surface area contributed by atoms with Crippen LogP contribution in [0.15, 0.2) is 42.5 Å². The number of carbonyl (C=O) groups excluding carboxylic acids is 1. The quantitative estimate of drug-likeness (QED) is 0.102. The number of H-pyrrole nitrogens is 2. The molecule has 1 aliphatic carbocycles. The highest BCUT2D eigenvalue weighted by molar-refractivity contribution is 6.13. The maximum absolute atomic E-state index is 13.6. The van der Waals surface area contributed by atoms with Gasteiger partial charge in [-0.15, -0.1) is 0 Å². The number of methoxy groups -OCH3 is 1. The van der Waals surface area contributed by atoms with Crippen molar-refractivity contribution in [3.05, 3.63) is 87.5 Å². The molecule has 11 nitrogen and oxygen atoms in total. The number of carboxylic acid groups (broad SMARTS) is 1. The smallest absolute Gasteiger partial charge is 0.303 e. The summed E-state index contributed by atoms with van der Waals surface area (Å²) in [4.78, 5) is 43.2. The lowest BCUT2D eigenvalue weighted by molar-refractivity contribution is -0.137. The van der Waals surface area contributed by atoms with Crippen LogP contribution >= 0.6 is 0 Å². The number of allylic oxidation sites excluding steroid dienone is 2. The summed E-state index contributed by atoms with van der Waals surface area (Å²) in [5.41, 5.74) is 14.4. The topological polar surface area (TPSA) is 149 Å². The number of hydrogen-bond acceptors (Lipinski definition) is 8. The van der Waals surface area contributed by atoms with Crippen molar-refractivity contribution in [1.82, 2.24) is 19.9 Å². The fourth-order valence-corrected chi connectivity index (χ4v) is 8.24. The number of aromatic amines is 2. The third-order valence-corrected chi connectivity index (χ3v) is 11.2. The average molecular weight is 747 g/mol. The van der Waals surface area contributed by atoms with E-state index >= 15 is 0 Å². The van der Waals surface area contributed by atoms with Crippen LogP contribution in [0.2, 0.25) is 0 Å². The van der Waals surface area contributed by atoms with Crippen molar-refractivity contribution in [3.63, 3.8) is 0 Å². The molecule has 3 aliphatic rings. The molecular weight excluding hydrogens is 697 g/mol. The van der Waals surface area contributed by atoms with Crippen LogP contribution in [-0.2, 0) is 25.4 Å². The van der Waals surface area contributed by atoms with Gasteiger partial charge in [-0.25, -0.2) is 4.98 Å². The number of para-hydroxylation sites is 1. The highest BCUT2D eigenvalue weighted by atomic mass is 16.6. The van der Waals surface area contributed by atoms with Gasteiger partial charge < -0.3 is 34.0 Å². The summed E-state index contributed by atoms with van der Waals surface area (Å²) >= 11 is 0. The second-order valence-corrected chi connectivity index (χ2v) is 14.5. The maximum atomic E-state index is 13.6. The Morgan fingerprint density at radius 2 is 1.56 bits per heavy atom. The van der Waals surface area contributed by atoms with Gasteiger partial charge in [0.05, 0.1) is 55.6 Å². The highest BCUT2D eigenvalue weighted by Crippen LogP contribution is 2.45. The van der Waals surface area contributed by atoms with Crippen LogP contribution in [0.3, 0.4) is 0 Å². The summed E-state index contributed by atoms with van der Waals surface area (Å²) in [5.74, 6) is -0.304. The molecule has 2 atom stereocenters. The number of ketones is 1. The normalized spacial score (nSPS) is 16.4. The Kier molecular flexibility index (Phi) is 11.3. The van der Waals surface area contributed by atoms with Crippen molar-refractivity contribution in [2.75, 3.05) is 46.8 Å². The molecule has 11 heteroatoms. The number of Topliss-reactive ketones (excluding diaryl/α,β-unsaturated/α-hetero) is 1. The molecule has 1 aromatic carbocycles. The fourth-order valence-electron chi connectivity index (χ4n) is 8.24. The molecule has 0 amide bonds. The van der Waals surface area contributed by atoms with E-state index in [1.807, 2.05) is 25.1 Å². The van der Waals surface area contributed by atoms with E-state index in [-0.39, 0.29) is 30.5 Å². The molecule has 3 aromatic heterocycles. The third-order valence-electron chi connectivity index (χ3n) is 11.2. The summed E-state index contributed by atoms with van der Waals surface area (Å²) in [6, 6.07) is 14.3. The molecular formula is C44H50N4O7. The van der Waals surface area contributed by atoms with Gasteiger partial charge in [0.2, 0.25) is 0 Å². The number of rotatable bonds is 15. The lowest BCUT2D eigenvalue weighted by atomic mass is 9.85. The zero-order valence-corrected chi connectivity index (χ0v) is 32.6. The number of nitrogens with one attached hydrogen (secondary N) is 2. The van der Waals surface area contributed by atoms with Crippen LogP contribution < -0.4 is 4.74 Å². The first kappa shape index (κ1) is 38.2. The van der Waals surface area contributed by atoms with Crippen molar-refractivity contribution >= 4 is 45.0 Å². The summed E-state index contributed by atoms with van der Waals surface area (Å²) in [7, 11) is 1.65. The van der Waals surface area contributed by atoms with Crippen molar-refractivity contribution in [3.8, 4) is 16.9 Å². The Bertz CT molecular complexity index is 2340. The number of nitrogens with zero attached hydrogens (tertiary/aromatic N) is 2. The van der Waals surface area contributed by atoms with Crippen LogP contribution in [0.5, 0.6) is 5.75 Å². The molecule has 0 saturated heterocycles. The second-order valence-electron chi connectivity index (χ2n) is 14.5. The first-order valence-electron chi connectivity index (χ1n) is 19.2. The van der Waals surface area contributed by atoms with E-state index in [0.717, 1.165) is 96.0 Å². The standard InChI is InChI=1S/C44H50N4O7/c1-7-28-24(2)32-23-37-41(30-10-8-9-11-39(30)55-19-18-54-17-16-53-15-14-52-6)26(4)34(46-37)21-33-25(3)29(12-13-40(50)51)43(47-33)31-20-38(49)42-27(5)35(48-44(31)42)22-36(28)45-32/h8-11,21-23,25,29,46,48H,7,12-20H2,1-6H3,(H,50,51)/t25-,29-/m0/s1. The van der Waals surface area contributed by atoms with Gasteiger partial charge in [0.25, 0.3) is 0 Å².